The number of ether oxygens (including phenoxy) is 1. The topological polar surface area (TPSA) is 95.9 Å². The highest BCUT2D eigenvalue weighted by Gasteiger charge is 2.39. The summed E-state index contributed by atoms with van der Waals surface area (Å²) in [6.07, 6.45) is 0.118. The van der Waals surface area contributed by atoms with Crippen molar-refractivity contribution in [2.75, 3.05) is 6.54 Å². The summed E-state index contributed by atoms with van der Waals surface area (Å²) in [5.74, 6) is -1.55. The first kappa shape index (κ1) is 36.0. The third kappa shape index (κ3) is 8.56. The second-order valence-electron chi connectivity index (χ2n) is 13.2. The molecule has 1 aliphatic heterocycles. The van der Waals surface area contributed by atoms with E-state index >= 15 is 0 Å². The molecule has 0 spiro atoms. The third-order valence-electron chi connectivity index (χ3n) is 9.75. The van der Waals surface area contributed by atoms with Crippen molar-refractivity contribution in [1.82, 2.24) is 10.2 Å². The summed E-state index contributed by atoms with van der Waals surface area (Å²) < 4.78 is 46.2. The first-order valence-electron chi connectivity index (χ1n) is 17.0. The van der Waals surface area contributed by atoms with E-state index < -0.39 is 40.7 Å². The Labute approximate surface area is 299 Å². The van der Waals surface area contributed by atoms with Crippen LogP contribution in [0.4, 0.5) is 13.2 Å². The summed E-state index contributed by atoms with van der Waals surface area (Å²) in [7, 11) is 0. The van der Waals surface area contributed by atoms with Gasteiger partial charge in [-0.2, -0.15) is 13.2 Å². The molecule has 0 aromatic heterocycles. The van der Waals surface area contributed by atoms with E-state index in [1.165, 1.54) is 17.0 Å². The van der Waals surface area contributed by atoms with Crippen LogP contribution in [0.15, 0.2) is 91.0 Å². The molecule has 6 rings (SSSR count). The predicted molar refractivity (Wildman–Crippen MR) is 187 cm³/mol. The number of amides is 2. The number of alkyl halides is 3. The van der Waals surface area contributed by atoms with E-state index in [9.17, 15) is 32.7 Å². The molecule has 2 atom stereocenters. The van der Waals surface area contributed by atoms with Crippen LogP contribution >= 0.6 is 11.6 Å². The molecule has 11 heteroatoms. The van der Waals surface area contributed by atoms with E-state index in [1.807, 2.05) is 54.6 Å². The molecule has 2 amide bonds. The van der Waals surface area contributed by atoms with Crippen LogP contribution in [0.25, 0.3) is 11.1 Å². The first-order valence-corrected chi connectivity index (χ1v) is 17.4. The molecule has 1 saturated carbocycles. The number of fused-ring (bicyclic) bond motifs is 1. The normalized spacial score (nSPS) is 16.7. The number of aliphatic carboxylic acids is 1. The number of nitrogens with one attached hydrogen (secondary N) is 1. The number of carbonyl (C=O) groups is 3. The zero-order valence-electron chi connectivity index (χ0n) is 27.8. The minimum absolute atomic E-state index is 0.0205. The van der Waals surface area contributed by atoms with Crippen molar-refractivity contribution in [3.8, 4) is 16.9 Å². The highest BCUT2D eigenvalue weighted by molar-refractivity contribution is 6.32. The first-order chi connectivity index (χ1) is 24.5. The van der Waals surface area contributed by atoms with Crippen LogP contribution in [0, 0.1) is 5.92 Å². The van der Waals surface area contributed by atoms with Crippen molar-refractivity contribution in [1.29, 1.82) is 0 Å². The van der Waals surface area contributed by atoms with Gasteiger partial charge in [-0.15, -0.1) is 0 Å². The number of carbonyl (C=O) groups excluding carboxylic acids is 2. The van der Waals surface area contributed by atoms with Crippen LogP contribution in [-0.2, 0) is 40.0 Å². The molecule has 1 heterocycles. The highest BCUT2D eigenvalue weighted by atomic mass is 35.5. The van der Waals surface area contributed by atoms with Crippen molar-refractivity contribution in [3.63, 3.8) is 0 Å². The van der Waals surface area contributed by atoms with Gasteiger partial charge in [0, 0.05) is 24.9 Å². The molecular formula is C40H38ClF3N2O5. The molecule has 0 saturated heterocycles. The smallest absolute Gasteiger partial charge is 0.417 e. The summed E-state index contributed by atoms with van der Waals surface area (Å²) in [6, 6.07) is 23.4. The largest absolute Gasteiger partial charge is 0.489 e. The lowest BCUT2D eigenvalue weighted by Crippen LogP contribution is -2.51. The van der Waals surface area contributed by atoms with Gasteiger partial charge in [0.25, 0.3) is 0 Å². The average molecular weight is 719 g/mol. The Bertz CT molecular complexity index is 1880. The van der Waals surface area contributed by atoms with Crippen molar-refractivity contribution >= 4 is 29.4 Å². The maximum Gasteiger partial charge on any atom is 0.417 e. The minimum atomic E-state index is -4.63. The van der Waals surface area contributed by atoms with Gasteiger partial charge in [-0.05, 0) is 71.2 Å². The van der Waals surface area contributed by atoms with E-state index in [2.05, 4.69) is 5.32 Å². The maximum atomic E-state index is 14.2. The molecule has 266 valence electrons. The fourth-order valence-electron chi connectivity index (χ4n) is 7.03. The van der Waals surface area contributed by atoms with E-state index in [1.54, 1.807) is 18.2 Å². The molecule has 1 unspecified atom stereocenters. The lowest BCUT2D eigenvalue weighted by atomic mass is 9.90. The molecule has 4 aromatic rings. The van der Waals surface area contributed by atoms with Gasteiger partial charge in [-0.1, -0.05) is 97.2 Å². The standard InChI is InChI=1S/C40H38ClF3N2O5/c41-36-30(11-6-12-33(36)40(42,43)44)24-51-31-18-17-29-19-20-46(35(47)22-25-7-4-5-8-25)37(32(29)23-31)38(48)45-34(39(49)50)21-26-13-15-28(16-14-26)27-9-2-1-3-10-27/h1-3,6,9-18,23,25,34,37H,4-5,7-8,19-22,24H2,(H,45,48)(H,49,50)/t34-,37?/m0/s1. The molecule has 2 aliphatic rings. The van der Waals surface area contributed by atoms with Gasteiger partial charge in [0.05, 0.1) is 10.6 Å². The van der Waals surface area contributed by atoms with Gasteiger partial charge in [-0.25, -0.2) is 4.79 Å². The number of nitrogens with zero attached hydrogens (tertiary/aromatic N) is 1. The summed E-state index contributed by atoms with van der Waals surface area (Å²) in [5, 5.41) is 12.4. The second-order valence-corrected chi connectivity index (χ2v) is 13.6. The van der Waals surface area contributed by atoms with E-state index in [0.29, 0.717) is 24.0 Å². The van der Waals surface area contributed by atoms with Crippen LogP contribution in [-0.4, -0.2) is 40.4 Å². The van der Waals surface area contributed by atoms with E-state index in [4.69, 9.17) is 16.3 Å². The Morgan fingerprint density at radius 1 is 0.922 bits per heavy atom. The predicted octanol–water partition coefficient (Wildman–Crippen LogP) is 8.42. The molecule has 51 heavy (non-hydrogen) atoms. The summed E-state index contributed by atoms with van der Waals surface area (Å²) >= 11 is 6.09. The average Bonchev–Trinajstić information content (AvgIpc) is 3.63. The van der Waals surface area contributed by atoms with Crippen molar-refractivity contribution < 1.29 is 37.4 Å². The quantitative estimate of drug-likeness (QED) is 0.162. The van der Waals surface area contributed by atoms with Gasteiger partial charge in [-0.3, -0.25) is 9.59 Å². The molecule has 7 nitrogen and oxygen atoms in total. The summed E-state index contributed by atoms with van der Waals surface area (Å²) in [6.45, 7) is 0.00223. The molecule has 1 fully saturated rings. The Hall–Kier alpha value is -4.83. The van der Waals surface area contributed by atoms with Crippen molar-refractivity contribution in [2.45, 2.75) is 69.8 Å². The Balaban J connectivity index is 1.25. The number of halogens is 4. The molecule has 2 N–H and O–H groups in total. The minimum Gasteiger partial charge on any atom is -0.489 e. The van der Waals surface area contributed by atoms with Crippen LogP contribution in [0.5, 0.6) is 5.75 Å². The molecule has 1 aliphatic carbocycles. The zero-order chi connectivity index (χ0) is 36.1. The molecule has 0 bridgehead atoms. The second kappa shape index (κ2) is 15.6. The Morgan fingerprint density at radius 3 is 2.31 bits per heavy atom. The van der Waals surface area contributed by atoms with E-state index in [-0.39, 0.29) is 42.7 Å². The number of hydrogen-bond donors (Lipinski definition) is 2. The van der Waals surface area contributed by atoms with Crippen LogP contribution in [0.3, 0.4) is 0 Å². The summed E-state index contributed by atoms with van der Waals surface area (Å²) in [5.41, 5.74) is 3.13. The van der Waals surface area contributed by atoms with Crippen LogP contribution in [0.1, 0.15) is 66.0 Å². The molecular weight excluding hydrogens is 681 g/mol. The maximum absolute atomic E-state index is 14.2. The highest BCUT2D eigenvalue weighted by Crippen LogP contribution is 2.38. The van der Waals surface area contributed by atoms with Gasteiger partial charge >= 0.3 is 12.1 Å². The Morgan fingerprint density at radius 2 is 1.63 bits per heavy atom. The van der Waals surface area contributed by atoms with Gasteiger partial charge in [0.1, 0.15) is 24.4 Å². The fourth-order valence-corrected chi connectivity index (χ4v) is 7.32. The Kier molecular flexibility index (Phi) is 11.0. The van der Waals surface area contributed by atoms with Gasteiger partial charge < -0.3 is 20.1 Å². The summed E-state index contributed by atoms with van der Waals surface area (Å²) in [4.78, 5) is 42.0. The van der Waals surface area contributed by atoms with Crippen molar-refractivity contribution in [3.05, 3.63) is 124 Å². The lowest BCUT2D eigenvalue weighted by Gasteiger charge is -2.37. The van der Waals surface area contributed by atoms with Gasteiger partial charge in [0.15, 0.2) is 0 Å². The number of rotatable bonds is 11. The molecule has 4 aromatic carbocycles. The fraction of sp³-hybridized carbons (Fsp3) is 0.325. The number of carboxylic acid groups (broad SMARTS) is 1. The third-order valence-corrected chi connectivity index (χ3v) is 10.2. The SMILES string of the molecule is O=C(N[C@@H](Cc1ccc(-c2ccccc2)cc1)C(=O)O)C1c2cc(OCc3cccc(C(F)(F)F)c3Cl)ccc2CCN1C(=O)CC1CCCC1. The molecule has 0 radical (unpaired) electrons. The number of benzene rings is 4. The van der Waals surface area contributed by atoms with E-state index in [0.717, 1.165) is 48.4 Å². The number of hydrogen-bond acceptors (Lipinski definition) is 4. The lowest BCUT2D eigenvalue weighted by molar-refractivity contribution is -0.145. The monoisotopic (exact) mass is 718 g/mol. The van der Waals surface area contributed by atoms with Crippen LogP contribution in [0.2, 0.25) is 5.02 Å². The van der Waals surface area contributed by atoms with Crippen molar-refractivity contribution in [2.24, 2.45) is 5.92 Å². The zero-order valence-corrected chi connectivity index (χ0v) is 28.6. The van der Waals surface area contributed by atoms with Crippen LogP contribution < -0.4 is 10.1 Å². The van der Waals surface area contributed by atoms with Gasteiger partial charge in [0.2, 0.25) is 11.8 Å². The number of carboxylic acids is 1.